The molecule has 1 aliphatic heterocycles. The minimum absolute atomic E-state index is 0.0422. The van der Waals surface area contributed by atoms with Crippen LogP contribution in [-0.4, -0.2) is 35.4 Å². The molecule has 0 spiro atoms. The minimum Gasteiger partial charge on any atom is -0.450 e. The van der Waals surface area contributed by atoms with Gasteiger partial charge in [0.1, 0.15) is 0 Å². The number of carbonyl (C=O) groups excluding carboxylic acids is 1. The molecule has 136 valence electrons. The van der Waals surface area contributed by atoms with E-state index in [1.54, 1.807) is 0 Å². The first-order valence-electron chi connectivity index (χ1n) is 9.03. The SMILES string of the molecule is N[C@@H](Cc1ccccc1)C(=O)C1NC(OC(=O)O)CC2CCCCC21. The van der Waals surface area contributed by atoms with Crippen molar-refractivity contribution in [1.29, 1.82) is 0 Å². The van der Waals surface area contributed by atoms with Gasteiger partial charge in [-0.2, -0.15) is 0 Å². The summed E-state index contributed by atoms with van der Waals surface area (Å²) >= 11 is 0. The van der Waals surface area contributed by atoms with Crippen molar-refractivity contribution in [3.63, 3.8) is 0 Å². The predicted molar refractivity (Wildman–Crippen MR) is 93.0 cm³/mol. The number of fused-ring (bicyclic) bond motifs is 1. The molecule has 6 nitrogen and oxygen atoms in total. The van der Waals surface area contributed by atoms with Crippen LogP contribution in [0, 0.1) is 11.8 Å². The molecule has 1 aliphatic carbocycles. The highest BCUT2D eigenvalue weighted by Gasteiger charge is 2.44. The average Bonchev–Trinajstić information content (AvgIpc) is 2.60. The third-order valence-corrected chi connectivity index (χ3v) is 5.49. The highest BCUT2D eigenvalue weighted by molar-refractivity contribution is 5.89. The normalized spacial score (nSPS) is 30.1. The molecular weight excluding hydrogens is 320 g/mol. The molecule has 5 atom stereocenters. The second-order valence-electron chi connectivity index (χ2n) is 7.16. The molecule has 2 fully saturated rings. The van der Waals surface area contributed by atoms with Crippen LogP contribution in [0.3, 0.4) is 0 Å². The number of benzene rings is 1. The summed E-state index contributed by atoms with van der Waals surface area (Å²) in [7, 11) is 0. The Morgan fingerprint density at radius 1 is 1.24 bits per heavy atom. The van der Waals surface area contributed by atoms with Crippen LogP contribution in [0.5, 0.6) is 0 Å². The van der Waals surface area contributed by atoms with Crippen LogP contribution in [0.4, 0.5) is 4.79 Å². The highest BCUT2D eigenvalue weighted by atomic mass is 16.7. The minimum atomic E-state index is -1.31. The van der Waals surface area contributed by atoms with Crippen molar-refractivity contribution >= 4 is 11.9 Å². The number of carboxylic acid groups (broad SMARTS) is 1. The monoisotopic (exact) mass is 346 g/mol. The number of piperidine rings is 1. The number of ketones is 1. The van der Waals surface area contributed by atoms with Gasteiger partial charge in [0, 0.05) is 6.42 Å². The summed E-state index contributed by atoms with van der Waals surface area (Å²) in [6.45, 7) is 0. The zero-order valence-electron chi connectivity index (χ0n) is 14.3. The number of nitrogens with one attached hydrogen (secondary N) is 1. The molecule has 6 heteroatoms. The molecule has 3 rings (SSSR count). The standard InChI is InChI=1S/C19H26N2O4/c20-15(10-12-6-2-1-3-7-12)18(22)17-14-9-5-4-8-13(14)11-16(21-17)25-19(23)24/h1-3,6-7,13-17,21H,4-5,8-11,20H2,(H,23,24)/t13?,14?,15-,16?,17?/m0/s1. The Balaban J connectivity index is 1.71. The number of hydrogen-bond donors (Lipinski definition) is 3. The molecule has 4 unspecified atom stereocenters. The molecule has 4 N–H and O–H groups in total. The summed E-state index contributed by atoms with van der Waals surface area (Å²) < 4.78 is 4.93. The molecular formula is C19H26N2O4. The molecule has 0 bridgehead atoms. The first-order valence-corrected chi connectivity index (χ1v) is 9.03. The van der Waals surface area contributed by atoms with E-state index in [-0.39, 0.29) is 11.7 Å². The van der Waals surface area contributed by atoms with Crippen LogP contribution in [-0.2, 0) is 16.0 Å². The fourth-order valence-corrected chi connectivity index (χ4v) is 4.33. The van der Waals surface area contributed by atoms with E-state index >= 15 is 0 Å². The van der Waals surface area contributed by atoms with Crippen LogP contribution in [0.25, 0.3) is 0 Å². The Labute approximate surface area is 147 Å². The van der Waals surface area contributed by atoms with Crippen molar-refractivity contribution in [2.24, 2.45) is 17.6 Å². The summed E-state index contributed by atoms with van der Waals surface area (Å²) in [6, 6.07) is 8.68. The number of ether oxygens (including phenoxy) is 1. The van der Waals surface area contributed by atoms with Gasteiger partial charge in [-0.05, 0) is 36.7 Å². The van der Waals surface area contributed by atoms with Crippen molar-refractivity contribution in [3.05, 3.63) is 35.9 Å². The van der Waals surface area contributed by atoms with Gasteiger partial charge < -0.3 is 15.6 Å². The highest BCUT2D eigenvalue weighted by Crippen LogP contribution is 2.39. The average molecular weight is 346 g/mol. The second kappa shape index (κ2) is 7.97. The van der Waals surface area contributed by atoms with Gasteiger partial charge in [-0.1, -0.05) is 43.2 Å². The lowest BCUT2D eigenvalue weighted by molar-refractivity contribution is -0.129. The van der Waals surface area contributed by atoms with Gasteiger partial charge in [0.15, 0.2) is 12.0 Å². The fraction of sp³-hybridized carbons (Fsp3) is 0.579. The molecule has 25 heavy (non-hydrogen) atoms. The molecule has 1 aromatic carbocycles. The Bertz CT molecular complexity index is 607. The number of hydrogen-bond acceptors (Lipinski definition) is 5. The van der Waals surface area contributed by atoms with E-state index in [0.717, 1.165) is 31.2 Å². The second-order valence-corrected chi connectivity index (χ2v) is 7.16. The third kappa shape index (κ3) is 4.38. The number of Topliss-reactive ketones (excluding diaryl/α,β-unsaturated/α-hetero) is 1. The van der Waals surface area contributed by atoms with Gasteiger partial charge in [-0.15, -0.1) is 0 Å². The smallest absolute Gasteiger partial charge is 0.450 e. The van der Waals surface area contributed by atoms with E-state index in [0.29, 0.717) is 18.8 Å². The molecule has 0 amide bonds. The zero-order chi connectivity index (χ0) is 17.8. The first kappa shape index (κ1) is 17.9. The van der Waals surface area contributed by atoms with Gasteiger partial charge in [0.25, 0.3) is 0 Å². The number of rotatable bonds is 5. The van der Waals surface area contributed by atoms with Crippen molar-refractivity contribution in [2.75, 3.05) is 0 Å². The van der Waals surface area contributed by atoms with E-state index in [4.69, 9.17) is 15.6 Å². The van der Waals surface area contributed by atoms with E-state index in [1.165, 1.54) is 0 Å². The molecule has 1 aromatic rings. The quantitative estimate of drug-likeness (QED) is 0.707. The van der Waals surface area contributed by atoms with Crippen LogP contribution in [0.2, 0.25) is 0 Å². The molecule has 1 heterocycles. The van der Waals surface area contributed by atoms with E-state index in [9.17, 15) is 9.59 Å². The van der Waals surface area contributed by atoms with Gasteiger partial charge in [0.2, 0.25) is 0 Å². The Kier molecular flexibility index (Phi) is 5.71. The maximum absolute atomic E-state index is 13.0. The summed E-state index contributed by atoms with van der Waals surface area (Å²) in [5.74, 6) is 0.494. The van der Waals surface area contributed by atoms with Gasteiger partial charge >= 0.3 is 6.16 Å². The topological polar surface area (TPSA) is 102 Å². The lowest BCUT2D eigenvalue weighted by Gasteiger charge is -2.44. The lowest BCUT2D eigenvalue weighted by atomic mass is 9.69. The van der Waals surface area contributed by atoms with E-state index < -0.39 is 24.5 Å². The van der Waals surface area contributed by atoms with Crippen molar-refractivity contribution in [1.82, 2.24) is 5.32 Å². The summed E-state index contributed by atoms with van der Waals surface area (Å²) in [5, 5.41) is 12.0. The number of nitrogens with two attached hydrogens (primary N) is 1. The van der Waals surface area contributed by atoms with Crippen LogP contribution in [0.1, 0.15) is 37.7 Å². The van der Waals surface area contributed by atoms with Gasteiger partial charge in [-0.25, -0.2) is 4.79 Å². The molecule has 0 aromatic heterocycles. The van der Waals surface area contributed by atoms with E-state index in [1.807, 2.05) is 30.3 Å². The molecule has 1 saturated heterocycles. The first-order chi connectivity index (χ1) is 12.0. The van der Waals surface area contributed by atoms with Gasteiger partial charge in [-0.3, -0.25) is 10.1 Å². The van der Waals surface area contributed by atoms with Crippen molar-refractivity contribution < 1.29 is 19.4 Å². The van der Waals surface area contributed by atoms with Crippen molar-refractivity contribution in [2.45, 2.75) is 56.8 Å². The summed E-state index contributed by atoms with van der Waals surface area (Å²) in [5.41, 5.74) is 7.23. The zero-order valence-corrected chi connectivity index (χ0v) is 14.3. The van der Waals surface area contributed by atoms with Crippen LogP contribution < -0.4 is 11.1 Å². The molecule has 0 radical (unpaired) electrons. The maximum Gasteiger partial charge on any atom is 0.507 e. The summed E-state index contributed by atoms with van der Waals surface area (Å²) in [4.78, 5) is 23.9. The van der Waals surface area contributed by atoms with E-state index in [2.05, 4.69) is 5.32 Å². The largest absolute Gasteiger partial charge is 0.507 e. The Hall–Kier alpha value is -1.92. The molecule has 1 saturated carbocycles. The fourth-order valence-electron chi connectivity index (χ4n) is 4.33. The van der Waals surface area contributed by atoms with Crippen LogP contribution in [0.15, 0.2) is 30.3 Å². The van der Waals surface area contributed by atoms with Crippen LogP contribution >= 0.6 is 0 Å². The lowest BCUT2D eigenvalue weighted by Crippen LogP contribution is -2.60. The number of carbonyl (C=O) groups is 2. The Morgan fingerprint density at radius 3 is 2.68 bits per heavy atom. The molecule has 2 aliphatic rings. The van der Waals surface area contributed by atoms with Gasteiger partial charge in [0.05, 0.1) is 12.1 Å². The third-order valence-electron chi connectivity index (χ3n) is 5.49. The summed E-state index contributed by atoms with van der Waals surface area (Å²) in [6.07, 6.45) is 3.40. The van der Waals surface area contributed by atoms with Crippen molar-refractivity contribution in [3.8, 4) is 0 Å². The Morgan fingerprint density at radius 2 is 1.96 bits per heavy atom. The predicted octanol–water partition coefficient (Wildman–Crippen LogP) is 2.31. The maximum atomic E-state index is 13.0.